The molecule has 0 N–H and O–H groups in total. The van der Waals surface area contributed by atoms with E-state index >= 15 is 0 Å². The Kier molecular flexibility index (Phi) is 2.46. The maximum Gasteiger partial charge on any atom is 0.316 e. The second-order valence-corrected chi connectivity index (χ2v) is 2.71. The van der Waals surface area contributed by atoms with Crippen LogP contribution in [0.25, 0.3) is 0 Å². The van der Waals surface area contributed by atoms with Crippen molar-refractivity contribution < 1.29 is 4.74 Å². The van der Waals surface area contributed by atoms with E-state index in [4.69, 9.17) is 4.74 Å². The third-order valence-corrected chi connectivity index (χ3v) is 1.10. The van der Waals surface area contributed by atoms with Gasteiger partial charge in [-0.2, -0.15) is 0 Å². The van der Waals surface area contributed by atoms with Gasteiger partial charge in [0.2, 0.25) is 0 Å². The van der Waals surface area contributed by atoms with Gasteiger partial charge >= 0.3 is 6.01 Å². The largest absolute Gasteiger partial charge is 0.461 e. The van der Waals surface area contributed by atoms with E-state index in [2.05, 4.69) is 9.97 Å². The summed E-state index contributed by atoms with van der Waals surface area (Å²) < 4.78 is 5.25. The van der Waals surface area contributed by atoms with Crippen LogP contribution >= 0.6 is 0 Å². The first-order valence-electron chi connectivity index (χ1n) is 3.64. The zero-order valence-corrected chi connectivity index (χ0v) is 7.03. The Morgan fingerprint density at radius 2 is 1.91 bits per heavy atom. The Balaban J connectivity index is 2.66. The van der Waals surface area contributed by atoms with Crippen molar-refractivity contribution in [3.63, 3.8) is 0 Å². The van der Waals surface area contributed by atoms with E-state index in [1.165, 1.54) is 0 Å². The maximum atomic E-state index is 5.25. The van der Waals surface area contributed by atoms with Gasteiger partial charge in [0.05, 0.1) is 6.10 Å². The molecule has 0 aliphatic heterocycles. The van der Waals surface area contributed by atoms with Crippen LogP contribution in [0.2, 0.25) is 0 Å². The molecule has 58 valence electrons. The Morgan fingerprint density at radius 3 is 2.36 bits per heavy atom. The molecule has 0 saturated carbocycles. The van der Waals surface area contributed by atoms with E-state index in [-0.39, 0.29) is 6.10 Å². The van der Waals surface area contributed by atoms with Crippen LogP contribution in [0, 0.1) is 0 Å². The van der Waals surface area contributed by atoms with Crippen LogP contribution in [0.5, 0.6) is 6.01 Å². The quantitative estimate of drug-likeness (QED) is 0.534. The second-order valence-electron chi connectivity index (χ2n) is 2.71. The molecule has 11 heavy (non-hydrogen) atoms. The molecule has 0 saturated heterocycles. The average Bonchev–Trinajstić information content (AvgIpc) is 1.93. The van der Waals surface area contributed by atoms with E-state index in [1.807, 2.05) is 21.7 Å². The minimum atomic E-state index is 0.137. The van der Waals surface area contributed by atoms with Crippen LogP contribution in [-0.2, 0) is 0 Å². The molecule has 0 aromatic carbocycles. The predicted octanol–water partition coefficient (Wildman–Crippen LogP) is -0.478. The molecular formula is C7H11BN2O. The van der Waals surface area contributed by atoms with Crippen LogP contribution in [0.15, 0.2) is 12.4 Å². The summed E-state index contributed by atoms with van der Waals surface area (Å²) in [6.07, 6.45) is 3.62. The number of hydrogen-bond donors (Lipinski definition) is 0. The molecule has 0 bridgehead atoms. The highest BCUT2D eigenvalue weighted by atomic mass is 16.5. The highest BCUT2D eigenvalue weighted by Crippen LogP contribution is 1.99. The zero-order valence-electron chi connectivity index (χ0n) is 7.03. The van der Waals surface area contributed by atoms with Gasteiger partial charge in [0.25, 0.3) is 0 Å². The van der Waals surface area contributed by atoms with Gasteiger partial charge < -0.3 is 4.74 Å². The van der Waals surface area contributed by atoms with Gasteiger partial charge in [0, 0.05) is 12.4 Å². The Labute approximate surface area is 67.2 Å². The lowest BCUT2D eigenvalue weighted by Gasteiger charge is -2.06. The van der Waals surface area contributed by atoms with Gasteiger partial charge in [0.1, 0.15) is 7.85 Å². The summed E-state index contributed by atoms with van der Waals surface area (Å²) in [4.78, 5) is 7.97. The molecule has 1 aromatic heterocycles. The van der Waals surface area contributed by atoms with Crippen molar-refractivity contribution in [3.8, 4) is 6.01 Å². The van der Waals surface area contributed by atoms with Crippen LogP contribution in [0.4, 0.5) is 0 Å². The third kappa shape index (κ3) is 2.57. The second kappa shape index (κ2) is 3.37. The number of ether oxygens (including phenoxy) is 1. The zero-order chi connectivity index (χ0) is 8.27. The first-order valence-corrected chi connectivity index (χ1v) is 3.64. The molecule has 4 heteroatoms. The predicted molar refractivity (Wildman–Crippen MR) is 46.0 cm³/mol. The van der Waals surface area contributed by atoms with Crippen LogP contribution in [0.1, 0.15) is 13.8 Å². The summed E-state index contributed by atoms with van der Waals surface area (Å²) in [6.45, 7) is 3.90. The molecule has 0 aliphatic carbocycles. The van der Waals surface area contributed by atoms with Crippen molar-refractivity contribution in [2.24, 2.45) is 0 Å². The molecule has 0 fully saturated rings. The smallest absolute Gasteiger partial charge is 0.316 e. The fourth-order valence-corrected chi connectivity index (χ4v) is 0.652. The molecule has 1 heterocycles. The monoisotopic (exact) mass is 150 g/mol. The minimum Gasteiger partial charge on any atom is -0.461 e. The molecule has 0 unspecified atom stereocenters. The highest BCUT2D eigenvalue weighted by Gasteiger charge is 1.98. The highest BCUT2D eigenvalue weighted by molar-refractivity contribution is 6.31. The lowest BCUT2D eigenvalue weighted by atomic mass is 10.0. The summed E-state index contributed by atoms with van der Waals surface area (Å²) in [5.41, 5.74) is 1.04. The Bertz CT molecular complexity index is 222. The number of aromatic nitrogens is 2. The summed E-state index contributed by atoms with van der Waals surface area (Å²) in [6, 6.07) is 0.450. The molecule has 0 spiro atoms. The van der Waals surface area contributed by atoms with Gasteiger partial charge in [-0.25, -0.2) is 9.97 Å². The minimum absolute atomic E-state index is 0.137. The van der Waals surface area contributed by atoms with Crippen LogP contribution in [-0.4, -0.2) is 23.9 Å². The van der Waals surface area contributed by atoms with Crippen molar-refractivity contribution in [1.29, 1.82) is 0 Å². The number of rotatable bonds is 2. The van der Waals surface area contributed by atoms with Gasteiger partial charge in [-0.3, -0.25) is 0 Å². The van der Waals surface area contributed by atoms with E-state index < -0.39 is 0 Å². The van der Waals surface area contributed by atoms with Crippen LogP contribution < -0.4 is 10.2 Å². The summed E-state index contributed by atoms with van der Waals surface area (Å²) in [5.74, 6) is 0. The molecule has 1 rings (SSSR count). The fraction of sp³-hybridized carbons (Fsp3) is 0.429. The summed E-state index contributed by atoms with van der Waals surface area (Å²) in [5, 5.41) is 0. The van der Waals surface area contributed by atoms with Gasteiger partial charge in [-0.05, 0) is 13.8 Å². The molecule has 3 nitrogen and oxygen atoms in total. The molecular weight excluding hydrogens is 139 g/mol. The summed E-state index contributed by atoms with van der Waals surface area (Å²) in [7, 11) is 1.94. The van der Waals surface area contributed by atoms with E-state index in [0.29, 0.717) is 6.01 Å². The average molecular weight is 150 g/mol. The molecule has 0 aliphatic rings. The normalized spacial score (nSPS) is 10.1. The number of nitrogens with zero attached hydrogens (tertiary/aromatic N) is 2. The Hall–Kier alpha value is -1.06. The fourth-order valence-electron chi connectivity index (χ4n) is 0.652. The van der Waals surface area contributed by atoms with Crippen LogP contribution in [0.3, 0.4) is 0 Å². The van der Waals surface area contributed by atoms with Crippen molar-refractivity contribution in [1.82, 2.24) is 9.97 Å². The molecule has 0 radical (unpaired) electrons. The lowest BCUT2D eigenvalue weighted by molar-refractivity contribution is 0.222. The van der Waals surface area contributed by atoms with Crippen molar-refractivity contribution >= 4 is 13.3 Å². The maximum absolute atomic E-state index is 5.25. The van der Waals surface area contributed by atoms with Gasteiger partial charge in [-0.1, -0.05) is 5.46 Å². The first-order chi connectivity index (χ1) is 5.18. The van der Waals surface area contributed by atoms with E-state index in [9.17, 15) is 0 Å². The first kappa shape index (κ1) is 8.05. The Morgan fingerprint density at radius 1 is 1.36 bits per heavy atom. The lowest BCUT2D eigenvalue weighted by Crippen LogP contribution is -2.11. The molecule has 1 aromatic rings. The van der Waals surface area contributed by atoms with E-state index in [1.54, 1.807) is 12.4 Å². The molecule has 0 atom stereocenters. The van der Waals surface area contributed by atoms with Gasteiger partial charge in [0.15, 0.2) is 0 Å². The van der Waals surface area contributed by atoms with Crippen molar-refractivity contribution in [2.45, 2.75) is 20.0 Å². The van der Waals surface area contributed by atoms with E-state index in [0.717, 1.165) is 5.46 Å². The SMILES string of the molecule is Bc1cnc(OC(C)C)nc1. The summed E-state index contributed by atoms with van der Waals surface area (Å²) >= 11 is 0. The van der Waals surface area contributed by atoms with Crippen molar-refractivity contribution in [2.75, 3.05) is 0 Å². The standard InChI is InChI=1S/C7H11BN2O/c1-5(2)11-7-9-3-6(8)4-10-7/h3-5H,8H2,1-2H3. The van der Waals surface area contributed by atoms with Crippen molar-refractivity contribution in [3.05, 3.63) is 12.4 Å². The third-order valence-electron chi connectivity index (χ3n) is 1.10. The topological polar surface area (TPSA) is 35.0 Å². The van der Waals surface area contributed by atoms with Gasteiger partial charge in [-0.15, -0.1) is 0 Å². The number of hydrogen-bond acceptors (Lipinski definition) is 3. The molecule has 0 amide bonds.